The molecule has 37 heavy (non-hydrogen) atoms. The third kappa shape index (κ3) is 6.25. The van der Waals surface area contributed by atoms with E-state index in [0.717, 1.165) is 28.2 Å². The fourth-order valence-corrected chi connectivity index (χ4v) is 3.50. The largest absolute Gasteiger partial charge is 0.324 e. The molecule has 0 bridgehead atoms. The zero-order valence-electron chi connectivity index (χ0n) is 20.3. The molecule has 184 valence electrons. The molecular weight excluding hydrogens is 466 g/mol. The SMILES string of the molecule is Cc1ccc(NC(=O)Nc2ccc(Nc3nc(Nc4cc(C)[nH]n4)nc(-c4ccccc4)n3)cc2)cc1. The molecular formula is C27H25N9O. The maximum absolute atomic E-state index is 12.3. The quantitative estimate of drug-likeness (QED) is 0.188. The molecule has 10 heteroatoms. The molecule has 0 aliphatic carbocycles. The molecule has 3 aromatic carbocycles. The van der Waals surface area contributed by atoms with E-state index in [2.05, 4.69) is 46.4 Å². The average Bonchev–Trinajstić information content (AvgIpc) is 3.31. The number of amides is 2. The summed E-state index contributed by atoms with van der Waals surface area (Å²) in [7, 11) is 0. The fraction of sp³-hybridized carbons (Fsp3) is 0.0741. The van der Waals surface area contributed by atoms with Crippen LogP contribution in [0.5, 0.6) is 0 Å². The van der Waals surface area contributed by atoms with Crippen molar-refractivity contribution in [3.63, 3.8) is 0 Å². The number of carbonyl (C=O) groups excluding carboxylic acids is 1. The number of hydrogen-bond donors (Lipinski definition) is 5. The van der Waals surface area contributed by atoms with Crippen molar-refractivity contribution in [1.82, 2.24) is 25.1 Å². The van der Waals surface area contributed by atoms with Gasteiger partial charge in [0, 0.05) is 34.4 Å². The van der Waals surface area contributed by atoms with Gasteiger partial charge in [-0.05, 0) is 50.2 Å². The van der Waals surface area contributed by atoms with E-state index in [9.17, 15) is 4.79 Å². The Bertz CT molecular complexity index is 1500. The van der Waals surface area contributed by atoms with Crippen molar-refractivity contribution in [1.29, 1.82) is 0 Å². The van der Waals surface area contributed by atoms with Crippen LogP contribution in [-0.2, 0) is 0 Å². The Balaban J connectivity index is 1.31. The molecule has 0 unspecified atom stereocenters. The lowest BCUT2D eigenvalue weighted by Gasteiger charge is -2.11. The molecule has 0 saturated carbocycles. The minimum Gasteiger partial charge on any atom is -0.324 e. The van der Waals surface area contributed by atoms with Crippen molar-refractivity contribution < 1.29 is 4.79 Å². The summed E-state index contributed by atoms with van der Waals surface area (Å²) in [5, 5.41) is 19.1. The van der Waals surface area contributed by atoms with Crippen molar-refractivity contribution in [2.75, 3.05) is 21.3 Å². The summed E-state index contributed by atoms with van der Waals surface area (Å²) in [6.45, 7) is 3.91. The van der Waals surface area contributed by atoms with Gasteiger partial charge in [0.05, 0.1) is 0 Å². The highest BCUT2D eigenvalue weighted by Gasteiger charge is 2.11. The summed E-state index contributed by atoms with van der Waals surface area (Å²) in [4.78, 5) is 26.0. The first-order chi connectivity index (χ1) is 18.0. The molecule has 0 saturated heterocycles. The average molecular weight is 492 g/mol. The molecule has 0 atom stereocenters. The molecule has 2 heterocycles. The molecule has 10 nitrogen and oxygen atoms in total. The van der Waals surface area contributed by atoms with Crippen molar-refractivity contribution in [3.8, 4) is 11.4 Å². The number of aromatic nitrogens is 5. The Kier molecular flexibility index (Phi) is 6.71. The summed E-state index contributed by atoms with van der Waals surface area (Å²) >= 11 is 0. The Morgan fingerprint density at radius 2 is 1.30 bits per heavy atom. The number of nitrogens with one attached hydrogen (secondary N) is 5. The van der Waals surface area contributed by atoms with Gasteiger partial charge in [0.15, 0.2) is 11.6 Å². The number of hydrogen-bond acceptors (Lipinski definition) is 7. The van der Waals surface area contributed by atoms with Gasteiger partial charge in [-0.3, -0.25) is 5.10 Å². The summed E-state index contributed by atoms with van der Waals surface area (Å²) in [6, 6.07) is 26.0. The Morgan fingerprint density at radius 3 is 1.92 bits per heavy atom. The first-order valence-electron chi connectivity index (χ1n) is 11.6. The third-order valence-corrected chi connectivity index (χ3v) is 5.32. The number of carbonyl (C=O) groups is 1. The van der Waals surface area contributed by atoms with E-state index in [1.807, 2.05) is 86.6 Å². The Morgan fingerprint density at radius 1 is 0.703 bits per heavy atom. The van der Waals surface area contributed by atoms with Crippen LogP contribution in [0.2, 0.25) is 0 Å². The molecule has 0 spiro atoms. The van der Waals surface area contributed by atoms with Gasteiger partial charge in [-0.2, -0.15) is 20.1 Å². The second-order valence-corrected chi connectivity index (χ2v) is 8.38. The highest BCUT2D eigenvalue weighted by molar-refractivity contribution is 5.99. The number of H-pyrrole nitrogens is 1. The van der Waals surface area contributed by atoms with Gasteiger partial charge in [0.2, 0.25) is 11.9 Å². The summed E-state index contributed by atoms with van der Waals surface area (Å²) < 4.78 is 0. The first kappa shape index (κ1) is 23.5. The maximum atomic E-state index is 12.3. The van der Waals surface area contributed by atoms with E-state index < -0.39 is 0 Å². The highest BCUT2D eigenvalue weighted by atomic mass is 16.2. The van der Waals surface area contributed by atoms with Crippen LogP contribution in [0.15, 0.2) is 84.9 Å². The number of rotatable bonds is 7. The van der Waals surface area contributed by atoms with Crippen LogP contribution in [0.4, 0.5) is 39.6 Å². The van der Waals surface area contributed by atoms with Gasteiger partial charge in [0.1, 0.15) is 0 Å². The molecule has 5 rings (SSSR count). The van der Waals surface area contributed by atoms with Crippen molar-refractivity contribution >= 4 is 40.8 Å². The van der Waals surface area contributed by atoms with Crippen molar-refractivity contribution in [2.24, 2.45) is 0 Å². The van der Waals surface area contributed by atoms with E-state index in [-0.39, 0.29) is 6.03 Å². The van der Waals surface area contributed by atoms with Crippen molar-refractivity contribution in [3.05, 3.63) is 96.2 Å². The van der Waals surface area contributed by atoms with Gasteiger partial charge in [-0.15, -0.1) is 0 Å². The van der Waals surface area contributed by atoms with Crippen LogP contribution in [0.25, 0.3) is 11.4 Å². The topological polar surface area (TPSA) is 133 Å². The van der Waals surface area contributed by atoms with Crippen LogP contribution in [0, 0.1) is 13.8 Å². The lowest BCUT2D eigenvalue weighted by molar-refractivity contribution is 0.262. The smallest absolute Gasteiger partial charge is 0.323 e. The Labute approximate surface area is 213 Å². The van der Waals surface area contributed by atoms with Crippen LogP contribution in [0.1, 0.15) is 11.3 Å². The molecule has 0 aliphatic rings. The summed E-state index contributed by atoms with van der Waals surface area (Å²) in [5.41, 5.74) is 5.01. The van der Waals surface area contributed by atoms with Gasteiger partial charge in [0.25, 0.3) is 0 Å². The van der Waals surface area contributed by atoms with E-state index in [4.69, 9.17) is 0 Å². The second kappa shape index (κ2) is 10.6. The highest BCUT2D eigenvalue weighted by Crippen LogP contribution is 2.23. The van der Waals surface area contributed by atoms with E-state index in [1.165, 1.54) is 0 Å². The van der Waals surface area contributed by atoms with Gasteiger partial charge >= 0.3 is 6.03 Å². The van der Waals surface area contributed by atoms with E-state index >= 15 is 0 Å². The monoisotopic (exact) mass is 491 g/mol. The molecule has 5 aromatic rings. The van der Waals surface area contributed by atoms with Gasteiger partial charge in [-0.1, -0.05) is 48.0 Å². The zero-order valence-corrected chi connectivity index (χ0v) is 20.3. The molecule has 2 amide bonds. The van der Waals surface area contributed by atoms with Crippen LogP contribution < -0.4 is 21.3 Å². The zero-order chi connectivity index (χ0) is 25.6. The second-order valence-electron chi connectivity index (χ2n) is 8.38. The van der Waals surface area contributed by atoms with E-state index in [0.29, 0.717) is 29.2 Å². The minimum absolute atomic E-state index is 0.321. The third-order valence-electron chi connectivity index (χ3n) is 5.32. The fourth-order valence-electron chi connectivity index (χ4n) is 3.50. The molecule has 0 aliphatic heterocycles. The number of benzene rings is 3. The number of aromatic amines is 1. The Hall–Kier alpha value is -5.25. The molecule has 5 N–H and O–H groups in total. The summed E-state index contributed by atoms with van der Waals surface area (Å²) in [5.74, 6) is 1.84. The minimum atomic E-state index is -0.321. The predicted molar refractivity (Wildman–Crippen MR) is 145 cm³/mol. The lowest BCUT2D eigenvalue weighted by atomic mass is 10.2. The first-order valence-corrected chi connectivity index (χ1v) is 11.6. The lowest BCUT2D eigenvalue weighted by Crippen LogP contribution is -2.19. The molecule has 0 fully saturated rings. The summed E-state index contributed by atoms with van der Waals surface area (Å²) in [6.07, 6.45) is 0. The van der Waals surface area contributed by atoms with Gasteiger partial charge in [-0.25, -0.2) is 4.79 Å². The number of anilines is 6. The van der Waals surface area contributed by atoms with Crippen molar-refractivity contribution in [2.45, 2.75) is 13.8 Å². The standard InChI is InChI=1S/C27H25N9O/c1-17-8-10-21(11-9-17)29-27(37)30-22-14-12-20(13-15-22)28-25-32-24(19-6-4-3-5-7-19)33-26(34-25)31-23-16-18(2)35-36-23/h3-16H,1-2H3,(H2,29,30,37)(H3,28,31,32,33,34,35,36). The maximum Gasteiger partial charge on any atom is 0.323 e. The molecule has 2 aromatic heterocycles. The van der Waals surface area contributed by atoms with Gasteiger partial charge < -0.3 is 21.3 Å². The number of nitrogens with zero attached hydrogens (tertiary/aromatic N) is 4. The number of aryl methyl sites for hydroxylation is 2. The normalized spacial score (nSPS) is 10.5. The number of urea groups is 1. The molecule has 0 radical (unpaired) electrons. The van der Waals surface area contributed by atoms with Crippen LogP contribution in [0.3, 0.4) is 0 Å². The van der Waals surface area contributed by atoms with Crippen LogP contribution >= 0.6 is 0 Å². The predicted octanol–water partition coefficient (Wildman–Crippen LogP) is 6.01. The van der Waals surface area contributed by atoms with E-state index in [1.54, 1.807) is 12.1 Å². The van der Waals surface area contributed by atoms with Crippen LogP contribution in [-0.4, -0.2) is 31.2 Å².